The van der Waals surface area contributed by atoms with E-state index in [1.807, 2.05) is 0 Å². The fourth-order valence-electron chi connectivity index (χ4n) is 2.17. The molecule has 25 heavy (non-hydrogen) atoms. The number of carboxylic acids is 1. The Balaban J connectivity index is 2.95. The summed E-state index contributed by atoms with van der Waals surface area (Å²) in [5, 5.41) is 9.31. The molecule has 1 heterocycles. The van der Waals surface area contributed by atoms with E-state index >= 15 is 0 Å². The van der Waals surface area contributed by atoms with Gasteiger partial charge in [-0.25, -0.2) is 10.6 Å². The number of aromatic nitrogens is 1. The Labute approximate surface area is 144 Å². The zero-order chi connectivity index (χ0) is 18.9. The van der Waals surface area contributed by atoms with E-state index in [0.29, 0.717) is 13.0 Å². The third-order valence-corrected chi connectivity index (χ3v) is 3.55. The Morgan fingerprint density at radius 3 is 2.72 bits per heavy atom. The summed E-state index contributed by atoms with van der Waals surface area (Å²) >= 11 is 0. The van der Waals surface area contributed by atoms with Gasteiger partial charge in [-0.2, -0.15) is 0 Å². The molecule has 1 unspecified atom stereocenters. The van der Waals surface area contributed by atoms with Gasteiger partial charge in [-0.05, 0) is 18.1 Å². The largest absolute Gasteiger partial charge is 0.480 e. The summed E-state index contributed by atoms with van der Waals surface area (Å²) < 4.78 is 0. The molecule has 0 spiro atoms. The molecule has 1 rings (SSSR count). The Morgan fingerprint density at radius 2 is 2.12 bits per heavy atom. The van der Waals surface area contributed by atoms with Gasteiger partial charge in [-0.3, -0.25) is 19.6 Å². The zero-order valence-corrected chi connectivity index (χ0v) is 13.6. The van der Waals surface area contributed by atoms with E-state index in [-0.39, 0.29) is 29.9 Å². The number of carbonyl (C=O) groups is 3. The summed E-state index contributed by atoms with van der Waals surface area (Å²) in [4.78, 5) is 43.6. The topological polar surface area (TPSA) is 187 Å². The molecule has 1 aromatic heterocycles. The number of rotatable bonds is 11. The number of carbonyl (C=O) groups excluding carboxylic acids is 2. The van der Waals surface area contributed by atoms with E-state index in [1.165, 1.54) is 18.6 Å². The van der Waals surface area contributed by atoms with Gasteiger partial charge in [0.1, 0.15) is 5.69 Å². The Morgan fingerprint density at radius 1 is 1.40 bits per heavy atom. The Kier molecular flexibility index (Phi) is 7.79. The van der Waals surface area contributed by atoms with E-state index in [0.717, 1.165) is 0 Å². The summed E-state index contributed by atoms with van der Waals surface area (Å²) in [5.41, 5.74) is 11.4. The molecule has 136 valence electrons. The molecule has 0 radical (unpaired) electrons. The molecule has 0 saturated carbocycles. The van der Waals surface area contributed by atoms with Gasteiger partial charge in [0.2, 0.25) is 0 Å². The van der Waals surface area contributed by atoms with Crippen molar-refractivity contribution in [1.29, 1.82) is 0 Å². The van der Waals surface area contributed by atoms with Crippen molar-refractivity contribution in [3.05, 3.63) is 29.6 Å². The molecule has 0 aliphatic carbocycles. The van der Waals surface area contributed by atoms with Crippen LogP contribution in [0.25, 0.3) is 0 Å². The first-order valence-electron chi connectivity index (χ1n) is 7.54. The molecule has 0 amide bonds. The minimum Gasteiger partial charge on any atom is -0.480 e. The molecule has 1 atom stereocenters. The summed E-state index contributed by atoms with van der Waals surface area (Å²) in [6.45, 7) is -0.126. The van der Waals surface area contributed by atoms with Crippen LogP contribution < -0.4 is 22.7 Å². The van der Waals surface area contributed by atoms with Crippen LogP contribution >= 0.6 is 0 Å². The van der Waals surface area contributed by atoms with Crippen molar-refractivity contribution in [1.82, 2.24) is 10.4 Å². The van der Waals surface area contributed by atoms with Crippen LogP contribution in [0.1, 0.15) is 28.9 Å². The van der Waals surface area contributed by atoms with E-state index in [9.17, 15) is 19.5 Å². The summed E-state index contributed by atoms with van der Waals surface area (Å²) in [6, 6.07) is 3.06. The van der Waals surface area contributed by atoms with Crippen LogP contribution in [0, 0.1) is 0 Å². The minimum atomic E-state index is -2.20. The first-order chi connectivity index (χ1) is 11.9. The van der Waals surface area contributed by atoms with E-state index in [4.69, 9.17) is 17.3 Å². The molecule has 10 heteroatoms. The van der Waals surface area contributed by atoms with Crippen molar-refractivity contribution in [2.24, 2.45) is 22.3 Å². The average Bonchev–Trinajstić information content (AvgIpc) is 2.60. The van der Waals surface area contributed by atoms with Gasteiger partial charge in [0, 0.05) is 25.6 Å². The number of nitrogens with one attached hydrogen (secondary N) is 1. The van der Waals surface area contributed by atoms with Crippen LogP contribution in [0.5, 0.6) is 0 Å². The SMILES string of the molecule is NCC(=O)C(N)(Cc1cccnc1C(=O)CCCN=CNN)C(=O)O. The van der Waals surface area contributed by atoms with Gasteiger partial charge in [-0.1, -0.05) is 6.07 Å². The molecule has 0 aliphatic heterocycles. The van der Waals surface area contributed by atoms with Crippen LogP contribution in [-0.2, 0) is 16.0 Å². The zero-order valence-electron chi connectivity index (χ0n) is 13.6. The van der Waals surface area contributed by atoms with E-state index in [1.54, 1.807) is 6.07 Å². The molecule has 0 aliphatic rings. The number of hydrogen-bond donors (Lipinski definition) is 5. The van der Waals surface area contributed by atoms with Gasteiger partial charge in [0.25, 0.3) is 0 Å². The van der Waals surface area contributed by atoms with E-state index in [2.05, 4.69) is 15.4 Å². The number of aliphatic imine (C=N–C) groups is 1. The molecule has 8 N–H and O–H groups in total. The summed E-state index contributed by atoms with van der Waals surface area (Å²) in [6.07, 6.45) is 2.97. The summed E-state index contributed by atoms with van der Waals surface area (Å²) in [7, 11) is 0. The maximum atomic E-state index is 12.3. The van der Waals surface area contributed by atoms with Crippen LogP contribution in [0.15, 0.2) is 23.3 Å². The number of pyridine rings is 1. The van der Waals surface area contributed by atoms with Crippen molar-refractivity contribution < 1.29 is 19.5 Å². The predicted octanol–water partition coefficient (Wildman–Crippen LogP) is -1.61. The van der Waals surface area contributed by atoms with Crippen LogP contribution in [0.3, 0.4) is 0 Å². The average molecular weight is 350 g/mol. The molecule has 0 saturated heterocycles. The number of ketones is 2. The van der Waals surface area contributed by atoms with Gasteiger partial charge < -0.3 is 22.0 Å². The highest BCUT2D eigenvalue weighted by Gasteiger charge is 2.42. The second-order valence-corrected chi connectivity index (χ2v) is 5.32. The smallest absolute Gasteiger partial charge is 0.331 e. The van der Waals surface area contributed by atoms with Crippen molar-refractivity contribution in [3.8, 4) is 0 Å². The monoisotopic (exact) mass is 350 g/mol. The lowest BCUT2D eigenvalue weighted by molar-refractivity contribution is -0.147. The fraction of sp³-hybridized carbons (Fsp3) is 0.400. The first-order valence-corrected chi connectivity index (χ1v) is 7.54. The molecular weight excluding hydrogens is 328 g/mol. The van der Waals surface area contributed by atoms with Crippen LogP contribution in [0.4, 0.5) is 0 Å². The first kappa shape index (κ1) is 20.4. The van der Waals surface area contributed by atoms with Crippen LogP contribution in [-0.4, -0.2) is 52.6 Å². The number of hydrogen-bond acceptors (Lipinski definition) is 8. The highest BCUT2D eigenvalue weighted by Crippen LogP contribution is 2.17. The van der Waals surface area contributed by atoms with Gasteiger partial charge in [0.05, 0.1) is 12.9 Å². The molecule has 10 nitrogen and oxygen atoms in total. The number of hydrazine groups is 1. The number of nitrogens with two attached hydrogens (primary N) is 3. The van der Waals surface area contributed by atoms with Gasteiger partial charge >= 0.3 is 5.97 Å². The highest BCUT2D eigenvalue weighted by molar-refractivity contribution is 6.09. The van der Waals surface area contributed by atoms with Crippen molar-refractivity contribution >= 4 is 23.9 Å². The maximum absolute atomic E-state index is 12.3. The van der Waals surface area contributed by atoms with Crippen molar-refractivity contribution in [2.75, 3.05) is 13.1 Å². The Hall–Kier alpha value is -2.69. The highest BCUT2D eigenvalue weighted by atomic mass is 16.4. The minimum absolute atomic E-state index is 0.0873. The molecule has 0 aromatic carbocycles. The second-order valence-electron chi connectivity index (χ2n) is 5.32. The molecular formula is C15H22N6O4. The normalized spacial score (nSPS) is 13.4. The summed E-state index contributed by atoms with van der Waals surface area (Å²) in [5.74, 6) is 2.40. The Bertz CT molecular complexity index is 663. The lowest BCUT2D eigenvalue weighted by Gasteiger charge is -2.23. The molecule has 1 aromatic rings. The van der Waals surface area contributed by atoms with E-state index < -0.39 is 23.8 Å². The van der Waals surface area contributed by atoms with Gasteiger partial charge in [0.15, 0.2) is 17.1 Å². The quantitative estimate of drug-likeness (QED) is 0.0595. The van der Waals surface area contributed by atoms with Gasteiger partial charge in [-0.15, -0.1) is 0 Å². The number of carboxylic acid groups (broad SMARTS) is 1. The lowest BCUT2D eigenvalue weighted by atomic mass is 9.86. The van der Waals surface area contributed by atoms with Crippen molar-refractivity contribution in [3.63, 3.8) is 0 Å². The third kappa shape index (κ3) is 5.41. The lowest BCUT2D eigenvalue weighted by Crippen LogP contribution is -2.58. The van der Waals surface area contributed by atoms with Crippen molar-refractivity contribution in [2.45, 2.75) is 24.8 Å². The number of aliphatic carboxylic acids is 1. The fourth-order valence-corrected chi connectivity index (χ4v) is 2.17. The third-order valence-electron chi connectivity index (χ3n) is 3.55. The number of nitrogens with zero attached hydrogens (tertiary/aromatic N) is 2. The molecule has 0 fully saturated rings. The predicted molar refractivity (Wildman–Crippen MR) is 90.8 cm³/mol. The standard InChI is InChI=1S/C15H22N6O4/c16-8-12(23)15(17,14(24)25)7-10-3-1-6-20-13(10)11(22)4-2-5-19-9-21-18/h1,3,6,9H,2,4-5,7-8,16-18H2,(H,19,21)(H,24,25). The second kappa shape index (κ2) is 9.57. The molecule has 0 bridgehead atoms. The van der Waals surface area contributed by atoms with Crippen LogP contribution in [0.2, 0.25) is 0 Å². The maximum Gasteiger partial charge on any atom is 0.331 e. The number of Topliss-reactive ketones (excluding diaryl/α,β-unsaturated/α-hetero) is 2.